The van der Waals surface area contributed by atoms with Crippen LogP contribution in [0.15, 0.2) is 76.7 Å². The van der Waals surface area contributed by atoms with E-state index in [2.05, 4.69) is 15.6 Å². The van der Waals surface area contributed by atoms with Gasteiger partial charge in [0.25, 0.3) is 11.8 Å². The van der Waals surface area contributed by atoms with Crippen LogP contribution >= 0.6 is 22.9 Å². The van der Waals surface area contributed by atoms with E-state index in [0.717, 1.165) is 10.4 Å². The van der Waals surface area contributed by atoms with Gasteiger partial charge in [0.2, 0.25) is 9.84 Å². The highest BCUT2D eigenvalue weighted by Gasteiger charge is 2.31. The first-order valence-electron chi connectivity index (χ1n) is 10.5. The predicted molar refractivity (Wildman–Crippen MR) is 135 cm³/mol. The first-order chi connectivity index (χ1) is 17.3. The fourth-order valence-electron chi connectivity index (χ4n) is 3.73. The molecule has 0 bridgehead atoms. The first kappa shape index (κ1) is 23.7. The van der Waals surface area contributed by atoms with E-state index in [1.165, 1.54) is 41.7 Å². The van der Waals surface area contributed by atoms with Crippen LogP contribution in [-0.4, -0.2) is 25.2 Å². The number of rotatable bonds is 4. The smallest absolute Gasteiger partial charge is 0.257 e. The Balaban J connectivity index is 1.34. The summed E-state index contributed by atoms with van der Waals surface area (Å²) in [6.45, 7) is 0.188. The molecule has 0 radical (unpaired) electrons. The molecule has 11 heteroatoms. The number of aromatic nitrogens is 1. The molecule has 2 heterocycles. The lowest BCUT2D eigenvalue weighted by molar-refractivity contribution is 0.0949. The third-order valence-corrected chi connectivity index (χ3v) is 8.74. The average Bonchev–Trinajstić information content (AvgIpc) is 3.33. The Morgan fingerprint density at radius 2 is 1.92 bits per heavy atom. The average molecular weight is 535 g/mol. The van der Waals surface area contributed by atoms with E-state index < -0.39 is 21.7 Å². The number of amides is 2. The summed E-state index contributed by atoms with van der Waals surface area (Å²) in [5.41, 5.74) is 1.41. The Kier molecular flexibility index (Phi) is 6.05. The maximum absolute atomic E-state index is 13.1. The van der Waals surface area contributed by atoms with Crippen molar-refractivity contribution in [2.75, 3.05) is 5.32 Å². The van der Waals surface area contributed by atoms with Crippen LogP contribution in [0.1, 0.15) is 31.2 Å². The van der Waals surface area contributed by atoms with Gasteiger partial charge in [-0.15, -0.1) is 11.3 Å². The van der Waals surface area contributed by atoms with Crippen LogP contribution in [0.3, 0.4) is 0 Å². The summed E-state index contributed by atoms with van der Waals surface area (Å²) in [6, 6.07) is 17.1. The normalized spacial score (nSPS) is 13.5. The minimum absolute atomic E-state index is 0.0432. The predicted octanol–water partition coefficient (Wildman–Crippen LogP) is 4.66. The second kappa shape index (κ2) is 9.20. The third kappa shape index (κ3) is 4.24. The van der Waals surface area contributed by atoms with Gasteiger partial charge in [-0.1, -0.05) is 29.8 Å². The van der Waals surface area contributed by atoms with Crippen molar-refractivity contribution in [3.8, 4) is 16.6 Å². The van der Waals surface area contributed by atoms with E-state index in [-0.39, 0.29) is 33.2 Å². The van der Waals surface area contributed by atoms with Gasteiger partial charge < -0.3 is 10.6 Å². The summed E-state index contributed by atoms with van der Waals surface area (Å²) >= 11 is 7.46. The van der Waals surface area contributed by atoms with Crippen molar-refractivity contribution in [3.63, 3.8) is 0 Å². The van der Waals surface area contributed by atoms with Gasteiger partial charge in [-0.05, 0) is 42.5 Å². The second-order valence-corrected chi connectivity index (χ2v) is 11.2. The molecule has 5 rings (SSSR count). The first-order valence-corrected chi connectivity index (χ1v) is 13.2. The highest BCUT2D eigenvalue weighted by Crippen LogP contribution is 2.34. The Morgan fingerprint density at radius 1 is 1.11 bits per heavy atom. The summed E-state index contributed by atoms with van der Waals surface area (Å²) in [5, 5.41) is 15.4. The number of hydrogen-bond acceptors (Lipinski definition) is 7. The van der Waals surface area contributed by atoms with E-state index in [1.54, 1.807) is 36.5 Å². The lowest BCUT2D eigenvalue weighted by atomic mass is 10.1. The number of nitrogens with zero attached hydrogens (tertiary/aromatic N) is 2. The summed E-state index contributed by atoms with van der Waals surface area (Å²) in [7, 11) is -3.95. The Bertz CT molecular complexity index is 1710. The number of fused-ring (bicyclic) bond motifs is 2. The summed E-state index contributed by atoms with van der Waals surface area (Å²) in [5.74, 6) is -1.01. The molecule has 2 N–H and O–H groups in total. The molecule has 0 fully saturated rings. The molecular formula is C25H15ClN4O4S2. The largest absolute Gasteiger partial charge is 0.347 e. The molecule has 178 valence electrons. The van der Waals surface area contributed by atoms with E-state index in [9.17, 15) is 18.0 Å². The fraction of sp³-hybridized carbons (Fsp3) is 0.0400. The van der Waals surface area contributed by atoms with E-state index >= 15 is 0 Å². The van der Waals surface area contributed by atoms with Crippen molar-refractivity contribution in [1.29, 1.82) is 5.26 Å². The van der Waals surface area contributed by atoms with Gasteiger partial charge in [-0.2, -0.15) is 5.26 Å². The van der Waals surface area contributed by atoms with Crippen molar-refractivity contribution in [2.24, 2.45) is 0 Å². The van der Waals surface area contributed by atoms with Gasteiger partial charge in [0.05, 0.1) is 38.2 Å². The highest BCUT2D eigenvalue weighted by atomic mass is 35.5. The SMILES string of the molecule is N#Cc1ccc(-c2ncc(CNC(=O)c3ccc4c(c3)NC(=O)c3ccccc3S4(=O)=O)s2)cc1Cl. The van der Waals surface area contributed by atoms with Crippen molar-refractivity contribution in [2.45, 2.75) is 16.3 Å². The number of sulfone groups is 1. The molecule has 1 aromatic heterocycles. The molecule has 2 amide bonds. The molecule has 0 aliphatic carbocycles. The van der Waals surface area contributed by atoms with Gasteiger partial charge >= 0.3 is 0 Å². The number of nitrogens with one attached hydrogen (secondary N) is 2. The maximum Gasteiger partial charge on any atom is 0.257 e. The Hall–Kier alpha value is -4.04. The molecule has 0 unspecified atom stereocenters. The standard InChI is InChI=1S/C25H15ClN4O4S2/c26-19-9-15(5-6-16(19)11-27)25-29-13-17(35-25)12-28-23(31)14-7-8-22-20(10-14)30-24(32)18-3-1-2-4-21(18)36(22,33)34/h1-10,13H,12H2,(H,28,31)(H,30,32). The monoisotopic (exact) mass is 534 g/mol. The number of carbonyl (C=O) groups excluding carboxylic acids is 2. The molecule has 0 atom stereocenters. The number of benzene rings is 3. The van der Waals surface area contributed by atoms with Crippen molar-refractivity contribution < 1.29 is 18.0 Å². The van der Waals surface area contributed by atoms with Crippen LogP contribution < -0.4 is 10.6 Å². The molecule has 1 aliphatic rings. The van der Waals surface area contributed by atoms with E-state index in [4.69, 9.17) is 16.9 Å². The second-order valence-electron chi connectivity index (χ2n) is 7.79. The van der Waals surface area contributed by atoms with Gasteiger partial charge in [0, 0.05) is 22.2 Å². The molecular weight excluding hydrogens is 520 g/mol. The fourth-order valence-corrected chi connectivity index (χ4v) is 6.39. The summed E-state index contributed by atoms with van der Waals surface area (Å²) < 4.78 is 26.2. The maximum atomic E-state index is 13.1. The minimum Gasteiger partial charge on any atom is -0.347 e. The van der Waals surface area contributed by atoms with Crippen LogP contribution in [0.5, 0.6) is 0 Å². The molecule has 0 spiro atoms. The number of thiazole rings is 1. The molecule has 3 aromatic carbocycles. The van der Waals surface area contributed by atoms with Crippen LogP contribution in [0.4, 0.5) is 5.69 Å². The van der Waals surface area contributed by atoms with Crippen LogP contribution in [0.25, 0.3) is 10.6 Å². The molecule has 36 heavy (non-hydrogen) atoms. The van der Waals surface area contributed by atoms with Gasteiger partial charge in [-0.25, -0.2) is 13.4 Å². The lowest BCUT2D eigenvalue weighted by Gasteiger charge is -2.10. The van der Waals surface area contributed by atoms with Gasteiger partial charge in [-0.3, -0.25) is 9.59 Å². The lowest BCUT2D eigenvalue weighted by Crippen LogP contribution is -2.22. The Labute approximate surface area is 215 Å². The number of halogens is 1. The van der Waals surface area contributed by atoms with Crippen LogP contribution in [0.2, 0.25) is 5.02 Å². The zero-order valence-electron chi connectivity index (χ0n) is 18.3. The van der Waals surface area contributed by atoms with Gasteiger partial charge in [0.1, 0.15) is 11.1 Å². The number of carbonyl (C=O) groups is 2. The van der Waals surface area contributed by atoms with Crippen molar-refractivity contribution in [3.05, 3.63) is 93.5 Å². The summed E-state index contributed by atoms with van der Waals surface area (Å²) in [4.78, 5) is 30.4. The molecule has 4 aromatic rings. The van der Waals surface area contributed by atoms with Crippen molar-refractivity contribution in [1.82, 2.24) is 10.3 Å². The topological polar surface area (TPSA) is 129 Å². The molecule has 0 saturated carbocycles. The third-order valence-electron chi connectivity index (χ3n) is 5.51. The quantitative estimate of drug-likeness (QED) is 0.391. The van der Waals surface area contributed by atoms with Crippen molar-refractivity contribution >= 4 is 50.3 Å². The van der Waals surface area contributed by atoms with E-state index in [1.807, 2.05) is 6.07 Å². The molecule has 8 nitrogen and oxygen atoms in total. The minimum atomic E-state index is -3.95. The summed E-state index contributed by atoms with van der Waals surface area (Å²) in [6.07, 6.45) is 1.63. The highest BCUT2D eigenvalue weighted by molar-refractivity contribution is 7.91. The van der Waals surface area contributed by atoms with Gasteiger partial charge in [0.15, 0.2) is 0 Å². The van der Waals surface area contributed by atoms with Crippen LogP contribution in [-0.2, 0) is 16.4 Å². The zero-order valence-corrected chi connectivity index (χ0v) is 20.7. The number of hydrogen-bond donors (Lipinski definition) is 2. The van der Waals surface area contributed by atoms with Crippen LogP contribution in [0, 0.1) is 11.3 Å². The zero-order chi connectivity index (χ0) is 25.4. The molecule has 0 saturated heterocycles. The molecule has 1 aliphatic heterocycles. The Morgan fingerprint density at radius 3 is 2.69 bits per heavy atom. The number of nitriles is 1. The number of anilines is 1. The van der Waals surface area contributed by atoms with E-state index in [0.29, 0.717) is 15.6 Å².